The number of hydrogen-bond donors (Lipinski definition) is 1. The third-order valence-corrected chi connectivity index (χ3v) is 2.65. The van der Waals surface area contributed by atoms with Crippen LogP contribution in [0, 0.1) is 0 Å². The molecule has 7 nitrogen and oxygen atoms in total. The zero-order chi connectivity index (χ0) is 14.7. The number of benzene rings is 1. The summed E-state index contributed by atoms with van der Waals surface area (Å²) in [7, 11) is 2.85. The lowest BCUT2D eigenvalue weighted by molar-refractivity contribution is 0.0685. The van der Waals surface area contributed by atoms with Crippen LogP contribution in [-0.2, 0) is 0 Å². The summed E-state index contributed by atoms with van der Waals surface area (Å²) in [6.07, 6.45) is 0.610. The SMILES string of the molecule is COc1cc(-c2cc(C(=O)O)no2)cc(C=O)c1OC. The van der Waals surface area contributed by atoms with Gasteiger partial charge in [-0.2, -0.15) is 0 Å². The van der Waals surface area contributed by atoms with Crippen LogP contribution >= 0.6 is 0 Å². The van der Waals surface area contributed by atoms with Gasteiger partial charge in [-0.15, -0.1) is 0 Å². The molecule has 2 rings (SSSR count). The van der Waals surface area contributed by atoms with Crippen LogP contribution in [0.1, 0.15) is 20.8 Å². The van der Waals surface area contributed by atoms with Gasteiger partial charge in [0.1, 0.15) is 0 Å². The van der Waals surface area contributed by atoms with Crippen LogP contribution in [0.4, 0.5) is 0 Å². The van der Waals surface area contributed by atoms with Crippen molar-refractivity contribution in [2.24, 2.45) is 0 Å². The Balaban J connectivity index is 2.56. The molecule has 0 fully saturated rings. The number of carbonyl (C=O) groups is 2. The number of aromatic carboxylic acids is 1. The minimum Gasteiger partial charge on any atom is -0.493 e. The van der Waals surface area contributed by atoms with Crippen molar-refractivity contribution in [2.75, 3.05) is 14.2 Å². The Labute approximate surface area is 113 Å². The fraction of sp³-hybridized carbons (Fsp3) is 0.154. The van der Waals surface area contributed by atoms with Gasteiger partial charge in [0.2, 0.25) is 0 Å². The van der Waals surface area contributed by atoms with Gasteiger partial charge in [0.15, 0.2) is 29.2 Å². The number of aldehydes is 1. The Hall–Kier alpha value is -2.83. The molecule has 1 N–H and O–H groups in total. The summed E-state index contributed by atoms with van der Waals surface area (Å²) in [5.41, 5.74) is 0.502. The molecule has 0 aliphatic heterocycles. The largest absolute Gasteiger partial charge is 0.493 e. The molecular weight excluding hydrogens is 266 g/mol. The molecular formula is C13H11NO6. The van der Waals surface area contributed by atoms with E-state index in [1.54, 1.807) is 6.07 Å². The molecule has 20 heavy (non-hydrogen) atoms. The highest BCUT2D eigenvalue weighted by Gasteiger charge is 2.17. The summed E-state index contributed by atoms with van der Waals surface area (Å²) in [5.74, 6) is -0.355. The summed E-state index contributed by atoms with van der Waals surface area (Å²) in [4.78, 5) is 21.8. The lowest BCUT2D eigenvalue weighted by Crippen LogP contribution is -1.96. The van der Waals surface area contributed by atoms with Gasteiger partial charge in [0, 0.05) is 11.6 Å². The van der Waals surface area contributed by atoms with Crippen LogP contribution in [-0.4, -0.2) is 36.7 Å². The van der Waals surface area contributed by atoms with E-state index in [4.69, 9.17) is 19.1 Å². The number of hydrogen-bond acceptors (Lipinski definition) is 6. The average Bonchev–Trinajstić information content (AvgIpc) is 2.95. The molecule has 0 spiro atoms. The number of methoxy groups -OCH3 is 2. The van der Waals surface area contributed by atoms with Crippen LogP contribution in [0.2, 0.25) is 0 Å². The molecule has 1 heterocycles. The molecule has 0 amide bonds. The molecule has 0 unspecified atom stereocenters. The van der Waals surface area contributed by atoms with Crippen molar-refractivity contribution < 1.29 is 28.7 Å². The smallest absolute Gasteiger partial charge is 0.358 e. The molecule has 0 saturated carbocycles. The highest BCUT2D eigenvalue weighted by molar-refractivity contribution is 5.88. The Morgan fingerprint density at radius 3 is 2.55 bits per heavy atom. The molecule has 2 aromatic rings. The third kappa shape index (κ3) is 2.33. The lowest BCUT2D eigenvalue weighted by Gasteiger charge is -2.10. The Kier molecular flexibility index (Phi) is 3.69. The first-order chi connectivity index (χ1) is 9.60. The van der Waals surface area contributed by atoms with Crippen molar-refractivity contribution in [2.45, 2.75) is 0 Å². The molecule has 1 aromatic carbocycles. The molecule has 104 valence electrons. The van der Waals surface area contributed by atoms with E-state index in [2.05, 4.69) is 5.16 Å². The maximum absolute atomic E-state index is 11.1. The van der Waals surface area contributed by atoms with Gasteiger partial charge < -0.3 is 19.1 Å². The number of ether oxygens (including phenoxy) is 2. The number of carboxylic acid groups (broad SMARTS) is 1. The van der Waals surface area contributed by atoms with Gasteiger partial charge in [-0.1, -0.05) is 5.16 Å². The van der Waals surface area contributed by atoms with Crippen LogP contribution < -0.4 is 9.47 Å². The Morgan fingerprint density at radius 1 is 1.30 bits per heavy atom. The predicted molar refractivity (Wildman–Crippen MR) is 67.4 cm³/mol. The summed E-state index contributed by atoms with van der Waals surface area (Å²) in [6, 6.07) is 4.33. The summed E-state index contributed by atoms with van der Waals surface area (Å²) >= 11 is 0. The molecule has 0 bridgehead atoms. The first kappa shape index (κ1) is 13.6. The fourth-order valence-corrected chi connectivity index (χ4v) is 1.74. The summed E-state index contributed by atoms with van der Waals surface area (Å²) in [6.45, 7) is 0. The normalized spacial score (nSPS) is 10.1. The standard InChI is InChI=1S/C13H11NO6/c1-18-11-4-7(3-8(6-15)12(11)19-2)10-5-9(13(16)17)14-20-10/h3-6H,1-2H3,(H,16,17). The van der Waals surface area contributed by atoms with Gasteiger partial charge in [0.05, 0.1) is 19.8 Å². The topological polar surface area (TPSA) is 98.9 Å². The van der Waals surface area contributed by atoms with E-state index >= 15 is 0 Å². The zero-order valence-corrected chi connectivity index (χ0v) is 10.7. The van der Waals surface area contributed by atoms with E-state index in [0.29, 0.717) is 23.3 Å². The first-order valence-corrected chi connectivity index (χ1v) is 5.52. The number of nitrogens with zero attached hydrogens (tertiary/aromatic N) is 1. The Bertz CT molecular complexity index is 661. The fourth-order valence-electron chi connectivity index (χ4n) is 1.74. The van der Waals surface area contributed by atoms with Crippen molar-refractivity contribution in [1.82, 2.24) is 5.16 Å². The molecule has 0 atom stereocenters. The highest BCUT2D eigenvalue weighted by Crippen LogP contribution is 2.35. The minimum absolute atomic E-state index is 0.214. The van der Waals surface area contributed by atoms with Crippen molar-refractivity contribution in [1.29, 1.82) is 0 Å². The minimum atomic E-state index is -1.20. The summed E-state index contributed by atoms with van der Waals surface area (Å²) < 4.78 is 15.2. The number of carboxylic acids is 1. The van der Waals surface area contributed by atoms with Crippen LogP contribution in [0.15, 0.2) is 22.7 Å². The number of carbonyl (C=O) groups excluding carboxylic acids is 1. The summed E-state index contributed by atoms with van der Waals surface area (Å²) in [5, 5.41) is 12.2. The van der Waals surface area contributed by atoms with Crippen molar-refractivity contribution in [3.05, 3.63) is 29.5 Å². The predicted octanol–water partition coefficient (Wildman–Crippen LogP) is 1.87. The van der Waals surface area contributed by atoms with E-state index in [0.717, 1.165) is 0 Å². The second-order valence-corrected chi connectivity index (χ2v) is 3.80. The van der Waals surface area contributed by atoms with Crippen LogP contribution in [0.25, 0.3) is 11.3 Å². The van der Waals surface area contributed by atoms with E-state index in [-0.39, 0.29) is 17.0 Å². The molecule has 0 aliphatic rings. The molecule has 0 saturated heterocycles. The average molecular weight is 277 g/mol. The maximum Gasteiger partial charge on any atom is 0.358 e. The first-order valence-electron chi connectivity index (χ1n) is 5.52. The van der Waals surface area contributed by atoms with Gasteiger partial charge in [0.25, 0.3) is 0 Å². The van der Waals surface area contributed by atoms with E-state index in [1.807, 2.05) is 0 Å². The second-order valence-electron chi connectivity index (χ2n) is 3.80. The van der Waals surface area contributed by atoms with Gasteiger partial charge >= 0.3 is 5.97 Å². The molecule has 0 radical (unpaired) electrons. The van der Waals surface area contributed by atoms with E-state index in [9.17, 15) is 9.59 Å². The van der Waals surface area contributed by atoms with E-state index < -0.39 is 5.97 Å². The van der Waals surface area contributed by atoms with Crippen LogP contribution in [0.3, 0.4) is 0 Å². The molecule has 0 aliphatic carbocycles. The molecule has 1 aromatic heterocycles. The monoisotopic (exact) mass is 277 g/mol. The maximum atomic E-state index is 11.1. The second kappa shape index (κ2) is 5.43. The number of aromatic nitrogens is 1. The quantitative estimate of drug-likeness (QED) is 0.833. The van der Waals surface area contributed by atoms with Gasteiger partial charge in [-0.25, -0.2) is 4.79 Å². The van der Waals surface area contributed by atoms with Crippen molar-refractivity contribution >= 4 is 12.3 Å². The third-order valence-electron chi connectivity index (χ3n) is 2.65. The van der Waals surface area contributed by atoms with Crippen molar-refractivity contribution in [3.63, 3.8) is 0 Å². The van der Waals surface area contributed by atoms with Gasteiger partial charge in [-0.3, -0.25) is 4.79 Å². The number of rotatable bonds is 5. The van der Waals surface area contributed by atoms with Crippen LogP contribution in [0.5, 0.6) is 11.5 Å². The zero-order valence-electron chi connectivity index (χ0n) is 10.7. The highest BCUT2D eigenvalue weighted by atomic mass is 16.5. The van der Waals surface area contributed by atoms with Gasteiger partial charge in [-0.05, 0) is 12.1 Å². The van der Waals surface area contributed by atoms with E-state index in [1.165, 1.54) is 26.4 Å². The molecule has 7 heteroatoms. The van der Waals surface area contributed by atoms with Crippen molar-refractivity contribution in [3.8, 4) is 22.8 Å². The Morgan fingerprint density at radius 2 is 2.05 bits per heavy atom. The lowest BCUT2D eigenvalue weighted by atomic mass is 10.1.